The highest BCUT2D eigenvalue weighted by Crippen LogP contribution is 2.18. The quantitative estimate of drug-likeness (QED) is 0.860. The molecule has 1 aromatic rings. The SMILES string of the molecule is C[C@H](OC(=O)c1cccc(C#N)c1)C(=O)NC1CCCC1. The van der Waals surface area contributed by atoms with Crippen LogP contribution in [-0.4, -0.2) is 24.0 Å². The summed E-state index contributed by atoms with van der Waals surface area (Å²) in [6.45, 7) is 1.55. The Hall–Kier alpha value is -2.35. The van der Waals surface area contributed by atoms with E-state index in [4.69, 9.17) is 10.00 Å². The number of benzene rings is 1. The first-order valence-corrected chi connectivity index (χ1v) is 7.11. The van der Waals surface area contributed by atoms with E-state index in [2.05, 4.69) is 5.32 Å². The van der Waals surface area contributed by atoms with Crippen molar-refractivity contribution < 1.29 is 14.3 Å². The van der Waals surface area contributed by atoms with E-state index in [1.54, 1.807) is 25.1 Å². The largest absolute Gasteiger partial charge is 0.449 e. The molecule has 1 saturated carbocycles. The number of esters is 1. The second kappa shape index (κ2) is 6.89. The molecule has 0 aromatic heterocycles. The summed E-state index contributed by atoms with van der Waals surface area (Å²) < 4.78 is 5.15. The lowest BCUT2D eigenvalue weighted by atomic mass is 10.1. The standard InChI is InChI=1S/C16H18N2O3/c1-11(15(19)18-14-7-2-3-8-14)21-16(20)13-6-4-5-12(9-13)10-17/h4-6,9,11,14H,2-3,7-8H2,1H3,(H,18,19)/t11-/m0/s1. The Morgan fingerprint density at radius 1 is 1.38 bits per heavy atom. The van der Waals surface area contributed by atoms with Crippen LogP contribution in [0, 0.1) is 11.3 Å². The molecule has 1 atom stereocenters. The topological polar surface area (TPSA) is 79.2 Å². The van der Waals surface area contributed by atoms with Gasteiger partial charge < -0.3 is 10.1 Å². The Bertz CT molecular complexity index is 571. The van der Waals surface area contributed by atoms with E-state index in [1.165, 1.54) is 6.07 Å². The van der Waals surface area contributed by atoms with Crippen molar-refractivity contribution in [1.82, 2.24) is 5.32 Å². The third-order valence-electron chi connectivity index (χ3n) is 3.58. The van der Waals surface area contributed by atoms with Gasteiger partial charge in [0, 0.05) is 6.04 Å². The van der Waals surface area contributed by atoms with Crippen LogP contribution in [0.25, 0.3) is 0 Å². The number of rotatable bonds is 4. The van der Waals surface area contributed by atoms with Crippen molar-refractivity contribution in [2.24, 2.45) is 0 Å². The molecule has 21 heavy (non-hydrogen) atoms. The van der Waals surface area contributed by atoms with Crippen LogP contribution in [-0.2, 0) is 9.53 Å². The van der Waals surface area contributed by atoms with Crippen LogP contribution in [0.4, 0.5) is 0 Å². The van der Waals surface area contributed by atoms with Gasteiger partial charge in [-0.1, -0.05) is 18.9 Å². The molecule has 0 unspecified atom stereocenters. The molecular weight excluding hydrogens is 268 g/mol. The van der Waals surface area contributed by atoms with Crippen LogP contribution < -0.4 is 5.32 Å². The average Bonchev–Trinajstić information content (AvgIpc) is 3.00. The van der Waals surface area contributed by atoms with Gasteiger partial charge in [0.2, 0.25) is 0 Å². The Kier molecular flexibility index (Phi) is 4.94. The van der Waals surface area contributed by atoms with Gasteiger partial charge in [-0.15, -0.1) is 0 Å². The minimum atomic E-state index is -0.844. The molecule has 110 valence electrons. The molecule has 0 saturated heterocycles. The zero-order valence-electron chi connectivity index (χ0n) is 12.0. The summed E-state index contributed by atoms with van der Waals surface area (Å²) in [5, 5.41) is 11.7. The van der Waals surface area contributed by atoms with E-state index in [9.17, 15) is 9.59 Å². The lowest BCUT2D eigenvalue weighted by molar-refractivity contribution is -0.129. The highest BCUT2D eigenvalue weighted by Gasteiger charge is 2.23. The fourth-order valence-corrected chi connectivity index (χ4v) is 2.39. The molecule has 1 amide bonds. The van der Waals surface area contributed by atoms with Crippen molar-refractivity contribution in [3.63, 3.8) is 0 Å². The summed E-state index contributed by atoms with van der Waals surface area (Å²) in [5.74, 6) is -0.868. The van der Waals surface area contributed by atoms with Gasteiger partial charge in [0.15, 0.2) is 6.10 Å². The molecule has 2 rings (SSSR count). The Morgan fingerprint density at radius 3 is 2.76 bits per heavy atom. The van der Waals surface area contributed by atoms with Gasteiger partial charge in [0.1, 0.15) is 0 Å². The number of nitrogens with one attached hydrogen (secondary N) is 1. The third-order valence-corrected chi connectivity index (χ3v) is 3.58. The maximum absolute atomic E-state index is 12.0. The van der Waals surface area contributed by atoms with Crippen molar-refractivity contribution in [3.05, 3.63) is 35.4 Å². The maximum atomic E-state index is 12.0. The molecule has 0 bridgehead atoms. The van der Waals surface area contributed by atoms with Crippen molar-refractivity contribution in [3.8, 4) is 6.07 Å². The number of nitrogens with zero attached hydrogens (tertiary/aromatic N) is 1. The summed E-state index contributed by atoms with van der Waals surface area (Å²) in [6, 6.07) is 8.38. The van der Waals surface area contributed by atoms with Gasteiger partial charge in [-0.2, -0.15) is 5.26 Å². The molecule has 1 aliphatic rings. The summed E-state index contributed by atoms with van der Waals surface area (Å²) in [5.41, 5.74) is 0.655. The van der Waals surface area contributed by atoms with Gasteiger partial charge >= 0.3 is 5.97 Å². The molecule has 0 aliphatic heterocycles. The molecule has 0 heterocycles. The first-order chi connectivity index (χ1) is 10.1. The van der Waals surface area contributed by atoms with Crippen LogP contribution in [0.15, 0.2) is 24.3 Å². The van der Waals surface area contributed by atoms with Gasteiger partial charge in [0.25, 0.3) is 5.91 Å². The fourth-order valence-electron chi connectivity index (χ4n) is 2.39. The Labute approximate surface area is 123 Å². The number of ether oxygens (including phenoxy) is 1. The number of carbonyl (C=O) groups is 2. The third kappa shape index (κ3) is 4.06. The summed E-state index contributed by atoms with van der Waals surface area (Å²) in [4.78, 5) is 23.9. The van der Waals surface area contributed by atoms with E-state index in [0.717, 1.165) is 25.7 Å². The summed E-state index contributed by atoms with van der Waals surface area (Å²) in [7, 11) is 0. The first-order valence-electron chi connectivity index (χ1n) is 7.11. The second-order valence-corrected chi connectivity index (χ2v) is 5.23. The number of nitriles is 1. The minimum absolute atomic E-state index is 0.195. The molecule has 1 fully saturated rings. The van der Waals surface area contributed by atoms with Gasteiger partial charge in [-0.25, -0.2) is 4.79 Å². The average molecular weight is 286 g/mol. The van der Waals surface area contributed by atoms with Crippen molar-refractivity contribution >= 4 is 11.9 Å². The molecule has 5 nitrogen and oxygen atoms in total. The van der Waals surface area contributed by atoms with E-state index in [1.807, 2.05) is 6.07 Å². The number of hydrogen-bond donors (Lipinski definition) is 1. The van der Waals surface area contributed by atoms with E-state index in [-0.39, 0.29) is 17.5 Å². The van der Waals surface area contributed by atoms with Crippen molar-refractivity contribution in [1.29, 1.82) is 5.26 Å². The van der Waals surface area contributed by atoms with Crippen LogP contribution in [0.3, 0.4) is 0 Å². The summed E-state index contributed by atoms with van der Waals surface area (Å²) >= 11 is 0. The Morgan fingerprint density at radius 2 is 2.10 bits per heavy atom. The molecule has 1 N–H and O–H groups in total. The first kappa shape index (κ1) is 15.0. The predicted molar refractivity (Wildman–Crippen MR) is 76.4 cm³/mol. The Balaban J connectivity index is 1.91. The highest BCUT2D eigenvalue weighted by atomic mass is 16.5. The fraction of sp³-hybridized carbons (Fsp3) is 0.438. The second-order valence-electron chi connectivity index (χ2n) is 5.23. The zero-order valence-corrected chi connectivity index (χ0v) is 12.0. The van der Waals surface area contributed by atoms with E-state index < -0.39 is 12.1 Å². The van der Waals surface area contributed by atoms with Crippen molar-refractivity contribution in [2.45, 2.75) is 44.8 Å². The van der Waals surface area contributed by atoms with Crippen LogP contribution in [0.1, 0.15) is 48.5 Å². The predicted octanol–water partition coefficient (Wildman–Crippen LogP) is 2.16. The number of carbonyl (C=O) groups excluding carboxylic acids is 2. The lowest BCUT2D eigenvalue weighted by Gasteiger charge is -2.17. The summed E-state index contributed by atoms with van der Waals surface area (Å²) in [6.07, 6.45) is 3.37. The van der Waals surface area contributed by atoms with Gasteiger partial charge in [0.05, 0.1) is 17.2 Å². The molecule has 0 radical (unpaired) electrons. The molecule has 0 spiro atoms. The van der Waals surface area contributed by atoms with E-state index in [0.29, 0.717) is 5.56 Å². The normalized spacial score (nSPS) is 16.0. The van der Waals surface area contributed by atoms with E-state index >= 15 is 0 Å². The smallest absolute Gasteiger partial charge is 0.338 e. The van der Waals surface area contributed by atoms with Crippen LogP contribution in [0.5, 0.6) is 0 Å². The molecule has 5 heteroatoms. The minimum Gasteiger partial charge on any atom is -0.449 e. The lowest BCUT2D eigenvalue weighted by Crippen LogP contribution is -2.40. The van der Waals surface area contributed by atoms with Crippen LogP contribution >= 0.6 is 0 Å². The van der Waals surface area contributed by atoms with Gasteiger partial charge in [-0.3, -0.25) is 4.79 Å². The molecule has 1 aliphatic carbocycles. The molecular formula is C16H18N2O3. The zero-order chi connectivity index (χ0) is 15.2. The number of hydrogen-bond acceptors (Lipinski definition) is 4. The van der Waals surface area contributed by atoms with Gasteiger partial charge in [-0.05, 0) is 38.0 Å². The highest BCUT2D eigenvalue weighted by molar-refractivity contribution is 5.92. The van der Waals surface area contributed by atoms with Crippen molar-refractivity contribution in [2.75, 3.05) is 0 Å². The maximum Gasteiger partial charge on any atom is 0.338 e. The number of amides is 1. The van der Waals surface area contributed by atoms with Crippen LogP contribution in [0.2, 0.25) is 0 Å². The molecule has 1 aromatic carbocycles. The monoisotopic (exact) mass is 286 g/mol.